The first-order valence-corrected chi connectivity index (χ1v) is 5.46. The SMILES string of the molecule is CC1=N[N+](C)(c2ccc(Cl)cc2)C=C1C(=O)O. The topological polar surface area (TPSA) is 49.7 Å². The Morgan fingerprint density at radius 3 is 2.41 bits per heavy atom. The molecule has 1 aliphatic rings. The Morgan fingerprint density at radius 2 is 1.94 bits per heavy atom. The average molecular weight is 252 g/mol. The van der Waals surface area contributed by atoms with Gasteiger partial charge >= 0.3 is 5.97 Å². The summed E-state index contributed by atoms with van der Waals surface area (Å²) in [6, 6.07) is 7.19. The summed E-state index contributed by atoms with van der Waals surface area (Å²) in [5.74, 6) is -0.956. The van der Waals surface area contributed by atoms with E-state index in [2.05, 4.69) is 5.10 Å². The molecule has 0 fully saturated rings. The molecule has 0 bridgehead atoms. The van der Waals surface area contributed by atoms with Crippen molar-refractivity contribution in [2.45, 2.75) is 6.92 Å². The van der Waals surface area contributed by atoms with Crippen LogP contribution < -0.4 is 4.59 Å². The van der Waals surface area contributed by atoms with E-state index in [1.54, 1.807) is 25.3 Å². The van der Waals surface area contributed by atoms with Crippen molar-refractivity contribution in [1.29, 1.82) is 0 Å². The maximum Gasteiger partial charge on any atom is 0.343 e. The number of hydrogen-bond donors (Lipinski definition) is 1. The zero-order valence-corrected chi connectivity index (χ0v) is 10.3. The molecule has 5 heteroatoms. The Bertz CT molecular complexity index is 534. The van der Waals surface area contributed by atoms with Crippen LogP contribution in [0.25, 0.3) is 0 Å². The van der Waals surface area contributed by atoms with E-state index >= 15 is 0 Å². The van der Waals surface area contributed by atoms with Crippen LogP contribution in [-0.2, 0) is 4.79 Å². The number of rotatable bonds is 2. The third-order valence-electron chi connectivity index (χ3n) is 2.71. The molecule has 1 atom stereocenters. The summed E-state index contributed by atoms with van der Waals surface area (Å²) in [4.78, 5) is 11.0. The molecule has 0 spiro atoms. The highest BCUT2D eigenvalue weighted by Gasteiger charge is 2.34. The van der Waals surface area contributed by atoms with Gasteiger partial charge in [-0.3, -0.25) is 0 Å². The van der Waals surface area contributed by atoms with E-state index in [4.69, 9.17) is 16.7 Å². The van der Waals surface area contributed by atoms with Gasteiger partial charge in [0.25, 0.3) is 0 Å². The number of quaternary nitrogens is 1. The van der Waals surface area contributed by atoms with Gasteiger partial charge in [0.05, 0.1) is 0 Å². The fraction of sp³-hybridized carbons (Fsp3) is 0.167. The van der Waals surface area contributed by atoms with Crippen molar-refractivity contribution in [1.82, 2.24) is 4.59 Å². The van der Waals surface area contributed by atoms with Crippen LogP contribution in [0, 0.1) is 0 Å². The van der Waals surface area contributed by atoms with Crippen LogP contribution in [0.4, 0.5) is 5.69 Å². The molecule has 1 heterocycles. The highest BCUT2D eigenvalue weighted by atomic mass is 35.5. The maximum absolute atomic E-state index is 11.0. The molecule has 1 aliphatic heterocycles. The van der Waals surface area contributed by atoms with Gasteiger partial charge in [-0.25, -0.2) is 4.79 Å². The summed E-state index contributed by atoms with van der Waals surface area (Å²) in [7, 11) is 1.82. The molecule has 4 nitrogen and oxygen atoms in total. The molecule has 0 radical (unpaired) electrons. The molecule has 1 aromatic carbocycles. The van der Waals surface area contributed by atoms with Crippen LogP contribution in [0.5, 0.6) is 0 Å². The van der Waals surface area contributed by atoms with Crippen molar-refractivity contribution in [3.63, 3.8) is 0 Å². The third kappa shape index (κ3) is 2.09. The Morgan fingerprint density at radius 1 is 1.35 bits per heavy atom. The van der Waals surface area contributed by atoms with E-state index in [1.165, 1.54) is 0 Å². The summed E-state index contributed by atoms with van der Waals surface area (Å²) in [5.41, 5.74) is 1.63. The quantitative estimate of drug-likeness (QED) is 0.822. The fourth-order valence-electron chi connectivity index (χ4n) is 1.82. The molecule has 0 amide bonds. The summed E-state index contributed by atoms with van der Waals surface area (Å²) in [6.45, 7) is 1.69. The van der Waals surface area contributed by atoms with Crippen LogP contribution >= 0.6 is 11.6 Å². The number of benzene rings is 1. The number of aliphatic carboxylic acids is 1. The zero-order valence-electron chi connectivity index (χ0n) is 9.51. The minimum Gasteiger partial charge on any atom is -0.477 e. The number of halogens is 1. The second kappa shape index (κ2) is 3.98. The number of carboxylic acid groups (broad SMARTS) is 1. The summed E-state index contributed by atoms with van der Waals surface area (Å²) in [5, 5.41) is 14.0. The van der Waals surface area contributed by atoms with Gasteiger partial charge in [-0.2, -0.15) is 0 Å². The lowest BCUT2D eigenvalue weighted by atomic mass is 10.2. The normalized spacial score (nSPS) is 23.2. The second-order valence-electron chi connectivity index (χ2n) is 4.04. The molecule has 17 heavy (non-hydrogen) atoms. The van der Waals surface area contributed by atoms with Crippen molar-refractivity contribution in [3.8, 4) is 0 Å². The van der Waals surface area contributed by atoms with Crippen LogP contribution in [0.15, 0.2) is 41.1 Å². The van der Waals surface area contributed by atoms with Gasteiger partial charge < -0.3 is 5.11 Å². The van der Waals surface area contributed by atoms with Gasteiger partial charge in [0.1, 0.15) is 24.5 Å². The number of nitrogens with zero attached hydrogens (tertiary/aromatic N) is 2. The van der Waals surface area contributed by atoms with Crippen molar-refractivity contribution >= 4 is 29.0 Å². The van der Waals surface area contributed by atoms with Crippen LogP contribution in [-0.4, -0.2) is 23.8 Å². The van der Waals surface area contributed by atoms with Crippen molar-refractivity contribution in [2.75, 3.05) is 7.05 Å². The molecular weight excluding hydrogens is 240 g/mol. The van der Waals surface area contributed by atoms with Crippen molar-refractivity contribution < 1.29 is 9.90 Å². The summed E-state index contributed by atoms with van der Waals surface area (Å²) in [6.07, 6.45) is 1.61. The average Bonchev–Trinajstić information content (AvgIpc) is 2.56. The van der Waals surface area contributed by atoms with Crippen LogP contribution in [0.3, 0.4) is 0 Å². The predicted octanol–water partition coefficient (Wildman–Crippen LogP) is 2.64. The standard InChI is InChI=1S/C12H11ClN2O2/c1-8-11(12(16)17)7-15(2,14-8)10-5-3-9(13)4-6-10/h3-7H,1-2H3/p+1. The maximum atomic E-state index is 11.0. The molecule has 0 aromatic heterocycles. The van der Waals surface area contributed by atoms with E-state index in [0.717, 1.165) is 5.69 Å². The minimum absolute atomic E-state index is 0.102. The van der Waals surface area contributed by atoms with Gasteiger partial charge in [-0.05, 0) is 19.1 Å². The first kappa shape index (κ1) is 11.8. The lowest BCUT2D eigenvalue weighted by Gasteiger charge is -2.19. The van der Waals surface area contributed by atoms with Crippen molar-refractivity contribution in [2.24, 2.45) is 5.10 Å². The fourth-order valence-corrected chi connectivity index (χ4v) is 1.95. The van der Waals surface area contributed by atoms with Crippen LogP contribution in [0.2, 0.25) is 5.02 Å². The molecule has 0 saturated carbocycles. The Kier molecular flexibility index (Phi) is 2.77. The number of carbonyl (C=O) groups is 1. The molecule has 2 rings (SSSR count). The Labute approximate surface area is 104 Å². The lowest BCUT2D eigenvalue weighted by Crippen LogP contribution is -2.30. The highest BCUT2D eigenvalue weighted by Crippen LogP contribution is 2.29. The number of hydrogen-bond acceptors (Lipinski definition) is 2. The molecule has 1 aromatic rings. The largest absolute Gasteiger partial charge is 0.477 e. The summed E-state index contributed by atoms with van der Waals surface area (Å²) >= 11 is 5.82. The van der Waals surface area contributed by atoms with Gasteiger partial charge in [-0.15, -0.1) is 4.59 Å². The zero-order chi connectivity index (χ0) is 12.6. The molecule has 0 saturated heterocycles. The molecule has 1 unspecified atom stereocenters. The van der Waals surface area contributed by atoms with E-state index in [-0.39, 0.29) is 10.2 Å². The first-order valence-electron chi connectivity index (χ1n) is 5.08. The third-order valence-corrected chi connectivity index (χ3v) is 2.96. The molecular formula is C12H12ClN2O2+. The molecule has 0 aliphatic carbocycles. The van der Waals surface area contributed by atoms with Crippen molar-refractivity contribution in [3.05, 3.63) is 41.1 Å². The van der Waals surface area contributed by atoms with Gasteiger partial charge in [-0.1, -0.05) is 16.7 Å². The Hall–Kier alpha value is -1.65. The second-order valence-corrected chi connectivity index (χ2v) is 4.47. The van der Waals surface area contributed by atoms with Gasteiger partial charge in [0.2, 0.25) is 0 Å². The van der Waals surface area contributed by atoms with Gasteiger partial charge in [0, 0.05) is 17.2 Å². The van der Waals surface area contributed by atoms with E-state index in [1.807, 2.05) is 19.2 Å². The Balaban J connectivity index is 2.46. The van der Waals surface area contributed by atoms with E-state index in [9.17, 15) is 4.79 Å². The van der Waals surface area contributed by atoms with E-state index < -0.39 is 5.97 Å². The molecule has 1 N–H and O–H groups in total. The summed E-state index contributed by atoms with van der Waals surface area (Å²) < 4.78 is 0.102. The van der Waals surface area contributed by atoms with Gasteiger partial charge in [0.15, 0.2) is 5.69 Å². The monoisotopic (exact) mass is 251 g/mol. The lowest BCUT2D eigenvalue weighted by molar-refractivity contribution is -0.132. The predicted molar refractivity (Wildman–Crippen MR) is 68.0 cm³/mol. The van der Waals surface area contributed by atoms with Crippen LogP contribution in [0.1, 0.15) is 6.92 Å². The minimum atomic E-state index is -0.956. The molecule has 88 valence electrons. The highest BCUT2D eigenvalue weighted by molar-refractivity contribution is 6.30. The smallest absolute Gasteiger partial charge is 0.343 e. The first-order chi connectivity index (χ1) is 7.92. The number of carboxylic acids is 1. The van der Waals surface area contributed by atoms with E-state index in [0.29, 0.717) is 10.7 Å².